The first-order valence-electron chi connectivity index (χ1n) is 9.63. The van der Waals surface area contributed by atoms with Crippen LogP contribution in [0.15, 0.2) is 72.1 Å². The molecule has 0 saturated carbocycles. The van der Waals surface area contributed by atoms with E-state index in [-0.39, 0.29) is 11.7 Å². The number of carbonyl (C=O) groups is 1. The van der Waals surface area contributed by atoms with Crippen LogP contribution in [-0.2, 0) is 4.79 Å². The predicted molar refractivity (Wildman–Crippen MR) is 125 cm³/mol. The van der Waals surface area contributed by atoms with E-state index in [0.717, 1.165) is 22.4 Å². The summed E-state index contributed by atoms with van der Waals surface area (Å²) in [7, 11) is 0. The highest BCUT2D eigenvalue weighted by Crippen LogP contribution is 2.28. The van der Waals surface area contributed by atoms with Gasteiger partial charge in [0.25, 0.3) is 0 Å². The fourth-order valence-corrected chi connectivity index (χ4v) is 3.95. The first-order valence-corrected chi connectivity index (χ1v) is 11.0. The molecule has 2 heterocycles. The van der Waals surface area contributed by atoms with E-state index in [4.69, 9.17) is 11.6 Å². The van der Waals surface area contributed by atoms with Crippen molar-refractivity contribution in [2.75, 3.05) is 11.1 Å². The molecule has 0 aliphatic carbocycles. The minimum atomic E-state index is -0.140. The Morgan fingerprint density at radius 1 is 1.03 bits per heavy atom. The fraction of sp³-hybridized carbons (Fsp3) is 0.130. The number of thioether (sulfide) groups is 1. The van der Waals surface area contributed by atoms with Crippen LogP contribution in [-0.4, -0.2) is 31.4 Å². The van der Waals surface area contributed by atoms with Gasteiger partial charge in [0.05, 0.1) is 5.75 Å². The standard InChI is InChI=1S/C23H20ClN5OS/c1-15-3-7-19(8-4-15)29-22(17-9-11-25-12-10-17)27-28-23(29)31-14-21(30)26-20-13-18(24)6-5-16(20)2/h3-13H,14H2,1-2H3,(H,26,30). The minimum absolute atomic E-state index is 0.140. The molecule has 8 heteroatoms. The van der Waals surface area contributed by atoms with E-state index in [1.165, 1.54) is 11.8 Å². The molecule has 0 spiro atoms. The highest BCUT2D eigenvalue weighted by molar-refractivity contribution is 7.99. The van der Waals surface area contributed by atoms with E-state index in [0.29, 0.717) is 21.7 Å². The monoisotopic (exact) mass is 449 g/mol. The van der Waals surface area contributed by atoms with E-state index in [9.17, 15) is 4.79 Å². The molecule has 2 aromatic carbocycles. The van der Waals surface area contributed by atoms with Crippen LogP contribution in [0.2, 0.25) is 5.02 Å². The molecule has 2 aromatic heterocycles. The highest BCUT2D eigenvalue weighted by atomic mass is 35.5. The molecule has 1 N–H and O–H groups in total. The Labute approximate surface area is 189 Å². The molecule has 31 heavy (non-hydrogen) atoms. The van der Waals surface area contributed by atoms with Gasteiger partial charge in [-0.1, -0.05) is 47.1 Å². The average molecular weight is 450 g/mol. The van der Waals surface area contributed by atoms with Gasteiger partial charge in [-0.2, -0.15) is 0 Å². The number of halogens is 1. The van der Waals surface area contributed by atoms with Gasteiger partial charge >= 0.3 is 0 Å². The zero-order valence-electron chi connectivity index (χ0n) is 17.0. The number of hydrogen-bond acceptors (Lipinski definition) is 5. The smallest absolute Gasteiger partial charge is 0.234 e. The van der Waals surface area contributed by atoms with E-state index in [2.05, 4.69) is 20.5 Å². The lowest BCUT2D eigenvalue weighted by atomic mass is 10.2. The third-order valence-corrected chi connectivity index (χ3v) is 5.83. The van der Waals surface area contributed by atoms with Crippen LogP contribution in [0.3, 0.4) is 0 Å². The Morgan fingerprint density at radius 2 is 1.77 bits per heavy atom. The lowest BCUT2D eigenvalue weighted by Crippen LogP contribution is -2.15. The van der Waals surface area contributed by atoms with Crippen LogP contribution in [0.1, 0.15) is 11.1 Å². The van der Waals surface area contributed by atoms with Crippen LogP contribution in [0.5, 0.6) is 0 Å². The van der Waals surface area contributed by atoms with Gasteiger partial charge in [-0.25, -0.2) is 0 Å². The molecule has 0 unspecified atom stereocenters. The molecule has 0 aliphatic rings. The van der Waals surface area contributed by atoms with Gasteiger partial charge < -0.3 is 5.32 Å². The van der Waals surface area contributed by atoms with Crippen molar-refractivity contribution in [3.8, 4) is 17.1 Å². The highest BCUT2D eigenvalue weighted by Gasteiger charge is 2.17. The summed E-state index contributed by atoms with van der Waals surface area (Å²) in [6.07, 6.45) is 3.44. The summed E-state index contributed by atoms with van der Waals surface area (Å²) in [6, 6.07) is 17.3. The Morgan fingerprint density at radius 3 is 2.52 bits per heavy atom. The molecule has 156 valence electrons. The molecule has 1 amide bonds. The van der Waals surface area contributed by atoms with Gasteiger partial charge in [0.1, 0.15) is 0 Å². The molecular formula is C23H20ClN5OS. The van der Waals surface area contributed by atoms with Crippen molar-refractivity contribution in [2.24, 2.45) is 0 Å². The summed E-state index contributed by atoms with van der Waals surface area (Å²) < 4.78 is 1.96. The quantitative estimate of drug-likeness (QED) is 0.403. The molecule has 0 saturated heterocycles. The van der Waals surface area contributed by atoms with Crippen LogP contribution in [0, 0.1) is 13.8 Å². The molecule has 6 nitrogen and oxygen atoms in total. The first kappa shape index (κ1) is 21.1. The molecule has 0 radical (unpaired) electrons. The molecule has 0 aliphatic heterocycles. The Balaban J connectivity index is 1.59. The number of benzene rings is 2. The minimum Gasteiger partial charge on any atom is -0.325 e. The number of anilines is 1. The molecule has 0 fully saturated rings. The normalized spacial score (nSPS) is 10.8. The molecule has 4 rings (SSSR count). The van der Waals surface area contributed by atoms with Crippen molar-refractivity contribution in [3.63, 3.8) is 0 Å². The van der Waals surface area contributed by atoms with E-state index >= 15 is 0 Å². The van der Waals surface area contributed by atoms with Gasteiger partial charge in [-0.3, -0.25) is 14.3 Å². The summed E-state index contributed by atoms with van der Waals surface area (Å²) in [5.41, 5.74) is 4.64. The summed E-state index contributed by atoms with van der Waals surface area (Å²) >= 11 is 7.38. The SMILES string of the molecule is Cc1ccc(-n2c(SCC(=O)Nc3cc(Cl)ccc3C)nnc2-c2ccncc2)cc1. The van der Waals surface area contributed by atoms with Gasteiger partial charge in [0.2, 0.25) is 5.91 Å². The van der Waals surface area contributed by atoms with Crippen molar-refractivity contribution in [2.45, 2.75) is 19.0 Å². The second-order valence-corrected chi connectivity index (χ2v) is 8.39. The van der Waals surface area contributed by atoms with E-state index < -0.39 is 0 Å². The summed E-state index contributed by atoms with van der Waals surface area (Å²) in [5, 5.41) is 12.9. The maximum absolute atomic E-state index is 12.6. The largest absolute Gasteiger partial charge is 0.325 e. The van der Waals surface area contributed by atoms with Crippen LogP contribution < -0.4 is 5.32 Å². The fourth-order valence-electron chi connectivity index (χ4n) is 3.02. The van der Waals surface area contributed by atoms with Gasteiger partial charge in [-0.15, -0.1) is 10.2 Å². The zero-order valence-corrected chi connectivity index (χ0v) is 18.6. The predicted octanol–water partition coefficient (Wildman–Crippen LogP) is 5.33. The van der Waals surface area contributed by atoms with Gasteiger partial charge in [0, 0.05) is 34.4 Å². The average Bonchev–Trinajstić information content (AvgIpc) is 3.20. The van der Waals surface area contributed by atoms with E-state index in [1.807, 2.05) is 60.9 Å². The Hall–Kier alpha value is -3.16. The van der Waals surface area contributed by atoms with E-state index in [1.54, 1.807) is 24.5 Å². The summed E-state index contributed by atoms with van der Waals surface area (Å²) in [5.74, 6) is 0.742. The number of hydrogen-bond donors (Lipinski definition) is 1. The second kappa shape index (κ2) is 9.32. The Bertz CT molecular complexity index is 1210. The maximum Gasteiger partial charge on any atom is 0.234 e. The van der Waals surface area contributed by atoms with Crippen LogP contribution in [0.4, 0.5) is 5.69 Å². The van der Waals surface area contributed by atoms with Crippen molar-refractivity contribution in [1.82, 2.24) is 19.7 Å². The Kier molecular flexibility index (Phi) is 6.34. The number of nitrogens with one attached hydrogen (secondary N) is 1. The van der Waals surface area contributed by atoms with Crippen molar-refractivity contribution in [3.05, 3.63) is 83.1 Å². The van der Waals surface area contributed by atoms with Gasteiger partial charge in [0.15, 0.2) is 11.0 Å². The number of amides is 1. The lowest BCUT2D eigenvalue weighted by Gasteiger charge is -2.11. The summed E-state index contributed by atoms with van der Waals surface area (Å²) in [4.78, 5) is 16.7. The number of nitrogens with zero attached hydrogens (tertiary/aromatic N) is 4. The molecule has 0 atom stereocenters. The topological polar surface area (TPSA) is 72.7 Å². The molecule has 0 bridgehead atoms. The molecule has 4 aromatic rings. The third kappa shape index (κ3) is 4.95. The zero-order chi connectivity index (χ0) is 21.8. The number of pyridine rings is 1. The van der Waals surface area contributed by atoms with Crippen molar-refractivity contribution < 1.29 is 4.79 Å². The van der Waals surface area contributed by atoms with Crippen LogP contribution >= 0.6 is 23.4 Å². The lowest BCUT2D eigenvalue weighted by molar-refractivity contribution is -0.113. The first-order chi connectivity index (χ1) is 15.0. The van der Waals surface area contributed by atoms with Gasteiger partial charge in [-0.05, 0) is 55.8 Å². The maximum atomic E-state index is 12.6. The van der Waals surface area contributed by atoms with Crippen molar-refractivity contribution >= 4 is 35.0 Å². The number of rotatable bonds is 6. The number of aryl methyl sites for hydroxylation is 2. The third-order valence-electron chi connectivity index (χ3n) is 4.67. The number of carbonyl (C=O) groups excluding carboxylic acids is 1. The molecular weight excluding hydrogens is 430 g/mol. The van der Waals surface area contributed by atoms with Crippen LogP contribution in [0.25, 0.3) is 17.1 Å². The second-order valence-electron chi connectivity index (χ2n) is 7.01. The summed E-state index contributed by atoms with van der Waals surface area (Å²) in [6.45, 7) is 3.96. The number of aromatic nitrogens is 4. The van der Waals surface area contributed by atoms with Crippen molar-refractivity contribution in [1.29, 1.82) is 0 Å².